The molecule has 4 aromatic carbocycles. The molecule has 8 aromatic rings. The molecule has 0 aliphatic rings. The topological polar surface area (TPSA) is 56.7 Å². The Labute approximate surface area is 346 Å². The average molecular weight is 959 g/mol. The molecular formula is C47H45F3IrN4OSi-2. The van der Waals surface area contributed by atoms with E-state index in [2.05, 4.69) is 107 Å². The van der Waals surface area contributed by atoms with Gasteiger partial charge in [0, 0.05) is 37.4 Å². The molecule has 0 saturated heterocycles. The summed E-state index contributed by atoms with van der Waals surface area (Å²) in [6.45, 7) is 18.2. The number of hydrogen-bond acceptors (Lipinski definition) is 4. The van der Waals surface area contributed by atoms with E-state index in [1.165, 1.54) is 22.4 Å². The summed E-state index contributed by atoms with van der Waals surface area (Å²) < 4.78 is 47.7. The van der Waals surface area contributed by atoms with Crippen LogP contribution in [0.25, 0.3) is 61.4 Å². The Morgan fingerprint density at radius 3 is 2.18 bits per heavy atom. The monoisotopic (exact) mass is 959 g/mol. The molecule has 0 unspecified atom stereocenters. The molecule has 10 heteroatoms. The maximum atomic E-state index is 13.3. The van der Waals surface area contributed by atoms with Crippen LogP contribution in [0.4, 0.5) is 13.2 Å². The molecule has 0 aliphatic heterocycles. The van der Waals surface area contributed by atoms with Gasteiger partial charge in [0.25, 0.3) is 0 Å². The molecular weight excluding hydrogens is 914 g/mol. The Morgan fingerprint density at radius 2 is 1.53 bits per heavy atom. The molecule has 295 valence electrons. The van der Waals surface area contributed by atoms with E-state index in [0.29, 0.717) is 33.7 Å². The predicted octanol–water partition coefficient (Wildman–Crippen LogP) is 12.4. The summed E-state index contributed by atoms with van der Waals surface area (Å²) in [5.41, 5.74) is 7.28. The van der Waals surface area contributed by atoms with Crippen LogP contribution in [0.2, 0.25) is 19.6 Å². The van der Waals surface area contributed by atoms with E-state index >= 15 is 0 Å². The average Bonchev–Trinajstić information content (AvgIpc) is 3.73. The molecule has 0 spiro atoms. The standard InChI is InChI=1S/C29H21F3N3O.C18H24NSi.Ir/c1-28(2,3)17-11-13-18(14-12-17)35-23-10-5-4-9-22(23)33-26(35)21-8-6-7-19-20-15-16-24(29(30,31)32)34-27(20)36-25(19)21;1-14(2)11-16-12-17(15-9-7-6-8-10-15)19-13-18(16)20(3,4)5;/h4-7,9-16H,1-3H3;6-9,12-14H,11H2,1-5H3;/q2*-1;. The summed E-state index contributed by atoms with van der Waals surface area (Å²) >= 11 is 0. The van der Waals surface area contributed by atoms with Gasteiger partial charge in [-0.2, -0.15) is 13.2 Å². The molecule has 0 amide bonds. The van der Waals surface area contributed by atoms with Crippen LogP contribution in [0, 0.1) is 18.1 Å². The SMILES string of the molecule is CC(C)(C)c1ccc(-n2c(-c3[c-]ccc4c3oc3nc(C(F)(F)F)ccc34)nc3ccccc32)cc1.CC(C)Cc1cc(-c2[c-]cccc2)ncc1[Si](C)(C)C.[Ir]. The van der Waals surface area contributed by atoms with Gasteiger partial charge in [-0.25, -0.2) is 4.98 Å². The molecule has 0 bridgehead atoms. The van der Waals surface area contributed by atoms with Crippen LogP contribution in [0.5, 0.6) is 0 Å². The first-order chi connectivity index (χ1) is 26.5. The van der Waals surface area contributed by atoms with Crippen LogP contribution in [-0.2, 0) is 38.1 Å². The van der Waals surface area contributed by atoms with Gasteiger partial charge >= 0.3 is 6.18 Å². The number of para-hydroxylation sites is 2. The van der Waals surface area contributed by atoms with Gasteiger partial charge < -0.3 is 14.0 Å². The van der Waals surface area contributed by atoms with Gasteiger partial charge in [0.1, 0.15) is 5.69 Å². The molecule has 5 nitrogen and oxygen atoms in total. The summed E-state index contributed by atoms with van der Waals surface area (Å²) in [6, 6.07) is 38.8. The Bertz CT molecular complexity index is 2650. The third-order valence-corrected chi connectivity index (χ3v) is 11.8. The van der Waals surface area contributed by atoms with Gasteiger partial charge in [-0.1, -0.05) is 101 Å². The first-order valence-corrected chi connectivity index (χ1v) is 22.4. The number of nitrogens with zero attached hydrogens (tertiary/aromatic N) is 4. The zero-order valence-corrected chi connectivity index (χ0v) is 36.7. The van der Waals surface area contributed by atoms with Crippen molar-refractivity contribution in [3.05, 3.63) is 138 Å². The third-order valence-electron chi connectivity index (χ3n) is 9.78. The minimum Gasteiger partial charge on any atom is -0.486 e. The molecule has 4 aromatic heterocycles. The normalized spacial score (nSPS) is 12.2. The van der Waals surface area contributed by atoms with Crippen molar-refractivity contribution >= 4 is 46.4 Å². The number of alkyl halides is 3. The van der Waals surface area contributed by atoms with E-state index in [9.17, 15) is 13.2 Å². The van der Waals surface area contributed by atoms with Crippen molar-refractivity contribution in [1.82, 2.24) is 19.5 Å². The fourth-order valence-corrected chi connectivity index (χ4v) is 8.58. The second-order valence-electron chi connectivity index (χ2n) is 16.7. The first-order valence-electron chi connectivity index (χ1n) is 18.9. The van der Waals surface area contributed by atoms with Gasteiger partial charge in [0.2, 0.25) is 5.71 Å². The van der Waals surface area contributed by atoms with Crippen molar-refractivity contribution in [2.24, 2.45) is 5.92 Å². The van der Waals surface area contributed by atoms with Crippen molar-refractivity contribution in [1.29, 1.82) is 0 Å². The molecule has 4 heterocycles. The molecule has 0 aliphatic carbocycles. The van der Waals surface area contributed by atoms with Crippen LogP contribution in [0.1, 0.15) is 51.4 Å². The number of benzene rings is 4. The van der Waals surface area contributed by atoms with Crippen LogP contribution < -0.4 is 5.19 Å². The predicted molar refractivity (Wildman–Crippen MR) is 224 cm³/mol. The number of aromatic nitrogens is 4. The van der Waals surface area contributed by atoms with E-state index in [1.807, 2.05) is 59.2 Å². The van der Waals surface area contributed by atoms with E-state index in [4.69, 9.17) is 9.40 Å². The molecule has 0 atom stereocenters. The van der Waals surface area contributed by atoms with Crippen LogP contribution in [0.15, 0.2) is 114 Å². The van der Waals surface area contributed by atoms with E-state index in [1.54, 1.807) is 12.1 Å². The van der Waals surface area contributed by atoms with E-state index in [-0.39, 0.29) is 31.2 Å². The van der Waals surface area contributed by atoms with Crippen LogP contribution in [-0.4, -0.2) is 27.6 Å². The number of furan rings is 1. The van der Waals surface area contributed by atoms with Crippen LogP contribution >= 0.6 is 0 Å². The Kier molecular flexibility index (Phi) is 11.8. The second-order valence-corrected chi connectivity index (χ2v) is 21.7. The van der Waals surface area contributed by atoms with Gasteiger partial charge in [0.05, 0.1) is 30.5 Å². The fourth-order valence-electron chi connectivity index (χ4n) is 6.99. The minimum atomic E-state index is -4.56. The molecule has 57 heavy (non-hydrogen) atoms. The Morgan fingerprint density at radius 1 is 0.807 bits per heavy atom. The van der Waals surface area contributed by atoms with Gasteiger partial charge in [-0.15, -0.1) is 54.1 Å². The summed E-state index contributed by atoms with van der Waals surface area (Å²) in [6.07, 6.45) is -1.32. The van der Waals surface area contributed by atoms with Crippen molar-refractivity contribution in [3.8, 4) is 28.3 Å². The van der Waals surface area contributed by atoms with Crippen LogP contribution in [0.3, 0.4) is 0 Å². The Balaban J connectivity index is 0.000000223. The second kappa shape index (κ2) is 16.2. The maximum absolute atomic E-state index is 13.3. The number of pyridine rings is 2. The largest absolute Gasteiger partial charge is 0.486 e. The van der Waals surface area contributed by atoms with Gasteiger partial charge in [-0.05, 0) is 70.6 Å². The fraction of sp³-hybridized carbons (Fsp3) is 0.255. The van der Waals surface area contributed by atoms with Crippen molar-refractivity contribution in [2.75, 3.05) is 0 Å². The summed E-state index contributed by atoms with van der Waals surface area (Å²) in [7, 11) is -1.34. The zero-order chi connectivity index (χ0) is 40.0. The first kappa shape index (κ1) is 41.7. The third kappa shape index (κ3) is 8.83. The molecule has 1 radical (unpaired) electrons. The molecule has 0 saturated carbocycles. The number of rotatable bonds is 6. The smallest absolute Gasteiger partial charge is 0.433 e. The minimum absolute atomic E-state index is 0. The van der Waals surface area contributed by atoms with E-state index in [0.717, 1.165) is 40.5 Å². The number of fused-ring (bicyclic) bond motifs is 4. The molecule has 8 rings (SSSR count). The molecule has 0 N–H and O–H groups in total. The Hall–Kier alpha value is -4.89. The quantitative estimate of drug-likeness (QED) is 0.123. The van der Waals surface area contributed by atoms with Crippen molar-refractivity contribution in [2.45, 2.75) is 72.3 Å². The van der Waals surface area contributed by atoms with Gasteiger partial charge in [0.15, 0.2) is 0 Å². The van der Waals surface area contributed by atoms with Crippen molar-refractivity contribution in [3.63, 3.8) is 0 Å². The van der Waals surface area contributed by atoms with Gasteiger partial charge in [-0.3, -0.25) is 4.98 Å². The van der Waals surface area contributed by atoms with Crippen molar-refractivity contribution < 1.29 is 37.7 Å². The summed E-state index contributed by atoms with van der Waals surface area (Å²) in [4.78, 5) is 13.3. The molecule has 0 fully saturated rings. The van der Waals surface area contributed by atoms with E-state index < -0.39 is 19.9 Å². The summed E-state index contributed by atoms with van der Waals surface area (Å²) in [5, 5.41) is 2.65. The number of halogens is 3. The zero-order valence-electron chi connectivity index (χ0n) is 33.3. The maximum Gasteiger partial charge on any atom is 0.433 e. The number of hydrogen-bond donors (Lipinski definition) is 0. The number of imidazole rings is 1. The summed E-state index contributed by atoms with van der Waals surface area (Å²) in [5.74, 6) is 1.25.